The smallest absolute Gasteiger partial charge is 0.325 e. The summed E-state index contributed by atoms with van der Waals surface area (Å²) in [6.45, 7) is 0.489. The van der Waals surface area contributed by atoms with Gasteiger partial charge in [-0.2, -0.15) is 5.26 Å². The number of hydrogen-bond donors (Lipinski definition) is 1. The van der Waals surface area contributed by atoms with Gasteiger partial charge in [0.25, 0.3) is 0 Å². The number of hydrogen-bond acceptors (Lipinski definition) is 6. The molecule has 0 radical (unpaired) electrons. The van der Waals surface area contributed by atoms with Crippen molar-refractivity contribution in [3.8, 4) is 6.07 Å². The summed E-state index contributed by atoms with van der Waals surface area (Å²) in [5.74, 6) is -0.447. The standard InChI is InChI=1S/C21H19ClN4O3/c1-29-21(28)18-19(14-4-2-13(12-23)3-5-14)25-11-10-17(27)26(25)20(24-18)15-6-8-16(22)9-7-15/h2-9,18-20,24H,10-11H2,1H3/t18-,19+,20+/m0/s1. The van der Waals surface area contributed by atoms with E-state index in [1.54, 1.807) is 29.3 Å². The Balaban J connectivity index is 1.77. The van der Waals surface area contributed by atoms with Gasteiger partial charge < -0.3 is 4.74 Å². The van der Waals surface area contributed by atoms with Crippen LogP contribution in [-0.4, -0.2) is 41.6 Å². The largest absolute Gasteiger partial charge is 0.468 e. The monoisotopic (exact) mass is 410 g/mol. The van der Waals surface area contributed by atoms with Crippen LogP contribution in [0.1, 0.15) is 35.3 Å². The lowest BCUT2D eigenvalue weighted by molar-refractivity contribution is -0.173. The first-order chi connectivity index (χ1) is 14.0. The van der Waals surface area contributed by atoms with Gasteiger partial charge in [0.1, 0.15) is 12.2 Å². The number of carbonyl (C=O) groups is 2. The maximum atomic E-state index is 12.7. The van der Waals surface area contributed by atoms with Crippen LogP contribution in [0.4, 0.5) is 0 Å². The van der Waals surface area contributed by atoms with E-state index in [0.717, 1.165) is 11.1 Å². The molecule has 0 aromatic heterocycles. The lowest BCUT2D eigenvalue weighted by Crippen LogP contribution is -2.63. The van der Waals surface area contributed by atoms with Crippen molar-refractivity contribution in [2.75, 3.05) is 13.7 Å². The summed E-state index contributed by atoms with van der Waals surface area (Å²) in [7, 11) is 1.35. The van der Waals surface area contributed by atoms with E-state index in [2.05, 4.69) is 11.4 Å². The van der Waals surface area contributed by atoms with Crippen molar-refractivity contribution < 1.29 is 14.3 Å². The molecule has 29 heavy (non-hydrogen) atoms. The molecule has 1 amide bonds. The Morgan fingerprint density at radius 1 is 1.17 bits per heavy atom. The van der Waals surface area contributed by atoms with Gasteiger partial charge in [0.2, 0.25) is 5.91 Å². The minimum Gasteiger partial charge on any atom is -0.468 e. The Morgan fingerprint density at radius 3 is 2.45 bits per heavy atom. The molecule has 8 heteroatoms. The summed E-state index contributed by atoms with van der Waals surface area (Å²) in [4.78, 5) is 25.4. The van der Waals surface area contributed by atoms with E-state index < -0.39 is 24.2 Å². The van der Waals surface area contributed by atoms with Crippen LogP contribution in [0.5, 0.6) is 0 Å². The van der Waals surface area contributed by atoms with E-state index in [4.69, 9.17) is 21.6 Å². The summed E-state index contributed by atoms with van der Waals surface area (Å²) in [5, 5.41) is 16.6. The molecule has 0 spiro atoms. The van der Waals surface area contributed by atoms with Gasteiger partial charge in [0.05, 0.1) is 24.8 Å². The highest BCUT2D eigenvalue weighted by Gasteiger charge is 2.50. The molecule has 2 fully saturated rings. The second-order valence-electron chi connectivity index (χ2n) is 6.95. The highest BCUT2D eigenvalue weighted by atomic mass is 35.5. The molecule has 0 bridgehead atoms. The minimum atomic E-state index is -0.698. The molecule has 2 aromatic carbocycles. The zero-order valence-electron chi connectivity index (χ0n) is 15.7. The van der Waals surface area contributed by atoms with Crippen molar-refractivity contribution >= 4 is 23.5 Å². The van der Waals surface area contributed by atoms with Gasteiger partial charge in [-0.1, -0.05) is 35.9 Å². The number of carbonyl (C=O) groups excluding carboxylic acids is 2. The molecule has 2 aromatic rings. The maximum absolute atomic E-state index is 12.7. The Labute approximate surface area is 173 Å². The number of fused-ring (bicyclic) bond motifs is 1. The fraction of sp³-hybridized carbons (Fsp3) is 0.286. The highest BCUT2D eigenvalue weighted by Crippen LogP contribution is 2.40. The fourth-order valence-electron chi connectivity index (χ4n) is 3.97. The van der Waals surface area contributed by atoms with Gasteiger partial charge in [-0.3, -0.25) is 19.9 Å². The molecule has 2 aliphatic heterocycles. The second kappa shape index (κ2) is 7.84. The van der Waals surface area contributed by atoms with Gasteiger partial charge in [0.15, 0.2) is 0 Å². The van der Waals surface area contributed by atoms with Crippen molar-refractivity contribution in [1.29, 1.82) is 5.26 Å². The summed E-state index contributed by atoms with van der Waals surface area (Å²) in [6.07, 6.45) is -0.159. The molecular weight excluding hydrogens is 392 g/mol. The topological polar surface area (TPSA) is 85.7 Å². The number of ether oxygens (including phenoxy) is 1. The first kappa shape index (κ1) is 19.4. The van der Waals surface area contributed by atoms with Crippen LogP contribution in [0.15, 0.2) is 48.5 Å². The van der Waals surface area contributed by atoms with Crippen LogP contribution in [0.25, 0.3) is 0 Å². The summed E-state index contributed by atoms with van der Waals surface area (Å²) >= 11 is 6.01. The summed E-state index contributed by atoms with van der Waals surface area (Å²) < 4.78 is 5.06. The fourth-order valence-corrected chi connectivity index (χ4v) is 4.10. The number of hydrazine groups is 1. The summed E-state index contributed by atoms with van der Waals surface area (Å²) in [5.41, 5.74) is 2.17. The first-order valence-corrected chi connectivity index (χ1v) is 9.59. The van der Waals surface area contributed by atoms with Crippen LogP contribution in [0.3, 0.4) is 0 Å². The number of nitrogens with one attached hydrogen (secondary N) is 1. The third kappa shape index (κ3) is 3.47. The number of halogens is 1. The van der Waals surface area contributed by atoms with Gasteiger partial charge in [-0.25, -0.2) is 5.01 Å². The number of amides is 1. The van der Waals surface area contributed by atoms with Crippen LogP contribution >= 0.6 is 11.6 Å². The van der Waals surface area contributed by atoms with Gasteiger partial charge in [-0.05, 0) is 35.4 Å². The van der Waals surface area contributed by atoms with Crippen molar-refractivity contribution in [2.45, 2.75) is 24.7 Å². The van der Waals surface area contributed by atoms with Crippen LogP contribution in [0.2, 0.25) is 5.02 Å². The Hall–Kier alpha value is -2.92. The van der Waals surface area contributed by atoms with E-state index in [1.165, 1.54) is 7.11 Å². The number of methoxy groups -OCH3 is 1. The Morgan fingerprint density at radius 2 is 1.83 bits per heavy atom. The number of esters is 1. The lowest BCUT2D eigenvalue weighted by atomic mass is 9.95. The van der Waals surface area contributed by atoms with E-state index >= 15 is 0 Å². The minimum absolute atomic E-state index is 0.0283. The van der Waals surface area contributed by atoms with Gasteiger partial charge >= 0.3 is 5.97 Å². The number of nitrogens with zero attached hydrogens (tertiary/aromatic N) is 3. The molecule has 2 aliphatic rings. The van der Waals surface area contributed by atoms with Crippen molar-refractivity contribution in [1.82, 2.24) is 15.3 Å². The molecule has 7 nitrogen and oxygen atoms in total. The predicted octanol–water partition coefficient (Wildman–Crippen LogP) is 2.55. The van der Waals surface area contributed by atoms with Gasteiger partial charge in [-0.15, -0.1) is 0 Å². The number of benzene rings is 2. The van der Waals surface area contributed by atoms with Crippen LogP contribution < -0.4 is 5.32 Å². The molecule has 0 aliphatic carbocycles. The zero-order valence-corrected chi connectivity index (χ0v) is 16.5. The quantitative estimate of drug-likeness (QED) is 0.782. The molecule has 0 saturated carbocycles. The van der Waals surface area contributed by atoms with Crippen molar-refractivity contribution in [3.05, 3.63) is 70.2 Å². The third-order valence-corrected chi connectivity index (χ3v) is 5.58. The molecule has 2 heterocycles. The molecule has 1 N–H and O–H groups in total. The second-order valence-corrected chi connectivity index (χ2v) is 7.39. The zero-order chi connectivity index (χ0) is 20.5. The van der Waals surface area contributed by atoms with Gasteiger partial charge in [0, 0.05) is 18.0 Å². The Kier molecular flexibility index (Phi) is 5.24. The van der Waals surface area contributed by atoms with Crippen molar-refractivity contribution in [3.63, 3.8) is 0 Å². The molecule has 0 unspecified atom stereocenters. The Bertz CT molecular complexity index is 971. The maximum Gasteiger partial charge on any atom is 0.325 e. The molecular formula is C21H19ClN4O3. The SMILES string of the molecule is COC(=O)[C@H]1N[C@@H](c2ccc(Cl)cc2)N2C(=O)CCN2[C@@H]1c1ccc(C#N)cc1. The predicted molar refractivity (Wildman–Crippen MR) is 105 cm³/mol. The molecule has 3 atom stereocenters. The van der Waals surface area contributed by atoms with Crippen LogP contribution in [0, 0.1) is 11.3 Å². The van der Waals surface area contributed by atoms with E-state index in [1.807, 2.05) is 29.3 Å². The number of nitriles is 1. The lowest BCUT2D eigenvalue weighted by Gasteiger charge is -2.48. The first-order valence-electron chi connectivity index (χ1n) is 9.21. The molecule has 148 valence electrons. The normalized spacial score (nSPS) is 24.1. The number of rotatable bonds is 3. The average Bonchev–Trinajstić information content (AvgIpc) is 3.14. The van der Waals surface area contributed by atoms with E-state index in [9.17, 15) is 9.59 Å². The molecule has 2 saturated heterocycles. The van der Waals surface area contributed by atoms with Crippen molar-refractivity contribution in [2.24, 2.45) is 0 Å². The summed E-state index contributed by atoms with van der Waals surface area (Å²) in [6, 6.07) is 15.2. The van der Waals surface area contributed by atoms with Crippen LogP contribution in [-0.2, 0) is 14.3 Å². The third-order valence-electron chi connectivity index (χ3n) is 5.33. The van der Waals surface area contributed by atoms with E-state index in [-0.39, 0.29) is 5.91 Å². The van der Waals surface area contributed by atoms with E-state index in [0.29, 0.717) is 23.6 Å². The average molecular weight is 411 g/mol. The molecule has 4 rings (SSSR count). The highest BCUT2D eigenvalue weighted by molar-refractivity contribution is 6.30.